The lowest BCUT2D eigenvalue weighted by Gasteiger charge is -2.08. The second-order valence-corrected chi connectivity index (χ2v) is 5.48. The molecular formula is C18H18O5. The van der Waals surface area contributed by atoms with Crippen molar-refractivity contribution in [2.24, 2.45) is 0 Å². The predicted octanol–water partition coefficient (Wildman–Crippen LogP) is 3.26. The molecule has 0 unspecified atom stereocenters. The normalized spacial score (nSPS) is 10.6. The van der Waals surface area contributed by atoms with E-state index in [1.165, 1.54) is 12.1 Å². The molecule has 2 N–H and O–H groups in total. The fourth-order valence-electron chi connectivity index (χ4n) is 2.04. The zero-order valence-electron chi connectivity index (χ0n) is 12.9. The first-order valence-electron chi connectivity index (χ1n) is 7.20. The lowest BCUT2D eigenvalue weighted by atomic mass is 10.0. The summed E-state index contributed by atoms with van der Waals surface area (Å²) in [7, 11) is 0. The van der Waals surface area contributed by atoms with Gasteiger partial charge in [-0.25, -0.2) is 4.79 Å². The molecule has 0 atom stereocenters. The Bertz CT molecular complexity index is 717. The fraction of sp³-hybridized carbons (Fsp3) is 0.222. The van der Waals surface area contributed by atoms with E-state index in [-0.39, 0.29) is 17.1 Å². The van der Waals surface area contributed by atoms with Gasteiger partial charge in [-0.3, -0.25) is 4.79 Å². The quantitative estimate of drug-likeness (QED) is 0.653. The number of Topliss-reactive ketones (excluding diaryl/α,β-unsaturated/α-hetero) is 1. The molecule has 0 bridgehead atoms. The summed E-state index contributed by atoms with van der Waals surface area (Å²) in [6.45, 7) is 3.70. The van der Waals surface area contributed by atoms with Gasteiger partial charge < -0.3 is 14.9 Å². The smallest absolute Gasteiger partial charge is 0.342 e. The minimum Gasteiger partial charge on any atom is -0.508 e. The Morgan fingerprint density at radius 2 is 1.70 bits per heavy atom. The Hall–Kier alpha value is -2.82. The van der Waals surface area contributed by atoms with Gasteiger partial charge in [0.25, 0.3) is 0 Å². The molecule has 5 nitrogen and oxygen atoms in total. The van der Waals surface area contributed by atoms with Crippen molar-refractivity contribution in [2.75, 3.05) is 6.61 Å². The van der Waals surface area contributed by atoms with Gasteiger partial charge in [0.05, 0.1) is 0 Å². The van der Waals surface area contributed by atoms with Crippen molar-refractivity contribution in [3.63, 3.8) is 0 Å². The molecule has 2 aromatic rings. The van der Waals surface area contributed by atoms with E-state index in [4.69, 9.17) is 4.74 Å². The Balaban J connectivity index is 1.99. The molecule has 0 aliphatic rings. The van der Waals surface area contributed by atoms with Crippen molar-refractivity contribution in [1.82, 2.24) is 0 Å². The van der Waals surface area contributed by atoms with Crippen molar-refractivity contribution >= 4 is 11.8 Å². The van der Waals surface area contributed by atoms with Gasteiger partial charge in [0.1, 0.15) is 17.1 Å². The number of aromatic hydroxyl groups is 2. The van der Waals surface area contributed by atoms with E-state index in [1.807, 2.05) is 12.1 Å². The third kappa shape index (κ3) is 4.10. The second kappa shape index (κ2) is 6.96. The fourth-order valence-corrected chi connectivity index (χ4v) is 2.04. The van der Waals surface area contributed by atoms with E-state index in [9.17, 15) is 19.8 Å². The zero-order valence-corrected chi connectivity index (χ0v) is 12.9. The highest BCUT2D eigenvalue weighted by molar-refractivity contribution is 6.00. The second-order valence-electron chi connectivity index (χ2n) is 5.48. The highest BCUT2D eigenvalue weighted by Crippen LogP contribution is 2.23. The number of rotatable bonds is 5. The van der Waals surface area contributed by atoms with E-state index in [1.54, 1.807) is 12.1 Å². The third-order valence-electron chi connectivity index (χ3n) is 3.43. The maximum atomic E-state index is 12.0. The topological polar surface area (TPSA) is 83.8 Å². The first kappa shape index (κ1) is 16.5. The number of phenolic OH excluding ortho intramolecular Hbond substituents is 2. The van der Waals surface area contributed by atoms with Gasteiger partial charge in [-0.2, -0.15) is 0 Å². The van der Waals surface area contributed by atoms with Crippen molar-refractivity contribution < 1.29 is 24.5 Å². The largest absolute Gasteiger partial charge is 0.508 e. The molecule has 0 heterocycles. The molecule has 0 aromatic heterocycles. The van der Waals surface area contributed by atoms with Gasteiger partial charge in [0, 0.05) is 11.6 Å². The van der Waals surface area contributed by atoms with Crippen molar-refractivity contribution in [2.45, 2.75) is 19.8 Å². The summed E-state index contributed by atoms with van der Waals surface area (Å²) in [6.07, 6.45) is 0. The van der Waals surface area contributed by atoms with Crippen LogP contribution in [0.3, 0.4) is 0 Å². The van der Waals surface area contributed by atoms with Gasteiger partial charge in [-0.1, -0.05) is 38.1 Å². The van der Waals surface area contributed by atoms with Crippen molar-refractivity contribution in [3.05, 3.63) is 59.2 Å². The van der Waals surface area contributed by atoms with Crippen LogP contribution in [0.2, 0.25) is 0 Å². The SMILES string of the molecule is CC(C)c1ccc(C(=O)COC(=O)c2ccc(O)cc2O)cc1. The summed E-state index contributed by atoms with van der Waals surface area (Å²) < 4.78 is 4.91. The molecule has 0 fully saturated rings. The molecule has 0 radical (unpaired) electrons. The number of benzene rings is 2. The molecule has 120 valence electrons. The molecule has 5 heteroatoms. The molecule has 0 saturated heterocycles. The summed E-state index contributed by atoms with van der Waals surface area (Å²) in [5.74, 6) is -1.35. The maximum absolute atomic E-state index is 12.0. The molecule has 0 aliphatic carbocycles. The van der Waals surface area contributed by atoms with E-state index in [2.05, 4.69) is 13.8 Å². The number of hydrogen-bond donors (Lipinski definition) is 2. The van der Waals surface area contributed by atoms with Gasteiger partial charge in [0.2, 0.25) is 0 Å². The summed E-state index contributed by atoms with van der Waals surface area (Å²) >= 11 is 0. The summed E-state index contributed by atoms with van der Waals surface area (Å²) in [6, 6.07) is 10.6. The molecule has 0 aliphatic heterocycles. The first-order chi connectivity index (χ1) is 10.9. The zero-order chi connectivity index (χ0) is 17.0. The van der Waals surface area contributed by atoms with E-state index < -0.39 is 18.3 Å². The van der Waals surface area contributed by atoms with Crippen LogP contribution in [0.15, 0.2) is 42.5 Å². The minimum absolute atomic E-state index is 0.106. The van der Waals surface area contributed by atoms with Gasteiger partial charge in [-0.05, 0) is 23.6 Å². The van der Waals surface area contributed by atoms with Crippen LogP contribution < -0.4 is 0 Å². The average Bonchev–Trinajstić information content (AvgIpc) is 2.52. The Labute approximate surface area is 134 Å². The summed E-state index contributed by atoms with van der Waals surface area (Å²) in [5, 5.41) is 18.8. The van der Waals surface area contributed by atoms with Crippen LogP contribution in [0.1, 0.15) is 46.0 Å². The third-order valence-corrected chi connectivity index (χ3v) is 3.43. The van der Waals surface area contributed by atoms with E-state index in [0.29, 0.717) is 11.5 Å². The van der Waals surface area contributed by atoms with E-state index >= 15 is 0 Å². The molecule has 0 amide bonds. The Morgan fingerprint density at radius 1 is 1.04 bits per heavy atom. The van der Waals surface area contributed by atoms with Crippen LogP contribution in [0.25, 0.3) is 0 Å². The number of hydrogen-bond acceptors (Lipinski definition) is 5. The number of ketones is 1. The van der Waals surface area contributed by atoms with Crippen LogP contribution in [0.5, 0.6) is 11.5 Å². The number of ether oxygens (including phenoxy) is 1. The Kier molecular flexibility index (Phi) is 5.01. The molecule has 0 spiro atoms. The van der Waals surface area contributed by atoms with Crippen LogP contribution in [-0.2, 0) is 4.74 Å². The molecule has 2 rings (SSSR count). The van der Waals surface area contributed by atoms with Crippen LogP contribution in [0, 0.1) is 0 Å². The highest BCUT2D eigenvalue weighted by atomic mass is 16.5. The van der Waals surface area contributed by atoms with E-state index in [0.717, 1.165) is 11.6 Å². The monoisotopic (exact) mass is 314 g/mol. The molecule has 0 saturated carbocycles. The average molecular weight is 314 g/mol. The molecular weight excluding hydrogens is 296 g/mol. The van der Waals surface area contributed by atoms with Gasteiger partial charge in [0.15, 0.2) is 12.4 Å². The number of esters is 1. The van der Waals surface area contributed by atoms with Crippen molar-refractivity contribution in [3.8, 4) is 11.5 Å². The van der Waals surface area contributed by atoms with Gasteiger partial charge >= 0.3 is 5.97 Å². The summed E-state index contributed by atoms with van der Waals surface area (Å²) in [5.41, 5.74) is 1.47. The Morgan fingerprint density at radius 3 is 2.26 bits per heavy atom. The predicted molar refractivity (Wildman–Crippen MR) is 84.9 cm³/mol. The number of carbonyl (C=O) groups is 2. The minimum atomic E-state index is -0.824. The van der Waals surface area contributed by atoms with Crippen LogP contribution >= 0.6 is 0 Å². The lowest BCUT2D eigenvalue weighted by Crippen LogP contribution is -2.14. The van der Waals surface area contributed by atoms with Crippen molar-refractivity contribution in [1.29, 1.82) is 0 Å². The number of phenols is 2. The molecule has 2 aromatic carbocycles. The standard InChI is InChI=1S/C18H18O5/c1-11(2)12-3-5-13(6-4-12)17(21)10-23-18(22)15-8-7-14(19)9-16(15)20/h3-9,11,19-20H,10H2,1-2H3. The lowest BCUT2D eigenvalue weighted by molar-refractivity contribution is 0.0472. The summed E-state index contributed by atoms with van der Waals surface area (Å²) in [4.78, 5) is 23.9. The maximum Gasteiger partial charge on any atom is 0.342 e. The first-order valence-corrected chi connectivity index (χ1v) is 7.20. The van der Waals surface area contributed by atoms with Crippen LogP contribution in [0.4, 0.5) is 0 Å². The van der Waals surface area contributed by atoms with Crippen LogP contribution in [-0.4, -0.2) is 28.6 Å². The number of carbonyl (C=O) groups excluding carboxylic acids is 2. The van der Waals surface area contributed by atoms with Gasteiger partial charge in [-0.15, -0.1) is 0 Å². The molecule has 23 heavy (non-hydrogen) atoms. The highest BCUT2D eigenvalue weighted by Gasteiger charge is 2.15.